The smallest absolute Gasteiger partial charge is 0.269 e. The van der Waals surface area contributed by atoms with Crippen molar-refractivity contribution < 1.29 is 9.59 Å². The van der Waals surface area contributed by atoms with Crippen molar-refractivity contribution in [1.82, 2.24) is 10.2 Å². The first-order chi connectivity index (χ1) is 14.9. The fraction of sp³-hybridized carbons (Fsp3) is 0.261. The molecule has 8 heteroatoms. The third kappa shape index (κ3) is 4.89. The largest absolute Gasteiger partial charge is 0.339 e. The molecule has 2 amide bonds. The van der Waals surface area contributed by atoms with E-state index in [0.29, 0.717) is 27.1 Å². The average Bonchev–Trinajstić information content (AvgIpc) is 3.11. The summed E-state index contributed by atoms with van der Waals surface area (Å²) in [7, 11) is 0. The minimum Gasteiger partial charge on any atom is -0.339 e. The highest BCUT2D eigenvalue weighted by molar-refractivity contribution is 7.80. The van der Waals surface area contributed by atoms with Crippen LogP contribution in [0.25, 0.3) is 10.1 Å². The predicted molar refractivity (Wildman–Crippen MR) is 131 cm³/mol. The highest BCUT2D eigenvalue weighted by Crippen LogP contribution is 2.35. The van der Waals surface area contributed by atoms with E-state index < -0.39 is 0 Å². The molecule has 31 heavy (non-hydrogen) atoms. The molecule has 4 rings (SSSR count). The van der Waals surface area contributed by atoms with Crippen LogP contribution in [0.1, 0.15) is 39.8 Å². The molecule has 3 aromatic rings. The van der Waals surface area contributed by atoms with Gasteiger partial charge in [-0.25, -0.2) is 0 Å². The molecule has 1 aliphatic heterocycles. The zero-order valence-electron chi connectivity index (χ0n) is 17.0. The number of carbonyl (C=O) groups is 2. The number of halogens is 1. The number of nitrogens with zero attached hydrogens (tertiary/aromatic N) is 1. The number of rotatable bonds is 3. The maximum Gasteiger partial charge on any atom is 0.269 e. The van der Waals surface area contributed by atoms with Gasteiger partial charge in [-0.05, 0) is 55.2 Å². The van der Waals surface area contributed by atoms with E-state index in [4.69, 9.17) is 23.8 Å². The van der Waals surface area contributed by atoms with E-state index in [1.54, 1.807) is 24.3 Å². The van der Waals surface area contributed by atoms with E-state index in [1.165, 1.54) is 11.3 Å². The number of anilines is 1. The van der Waals surface area contributed by atoms with Crippen molar-refractivity contribution in [1.29, 1.82) is 0 Å². The SMILES string of the molecule is CC1CCN(C(=O)c2cccc(NC(=S)NC(=O)c3sc4ccccc4c3Cl)c2)CC1. The maximum absolute atomic E-state index is 12.8. The number of hydrogen-bond acceptors (Lipinski definition) is 4. The highest BCUT2D eigenvalue weighted by atomic mass is 35.5. The highest BCUT2D eigenvalue weighted by Gasteiger charge is 2.22. The molecule has 1 saturated heterocycles. The summed E-state index contributed by atoms with van der Waals surface area (Å²) < 4.78 is 0.940. The second-order valence-corrected chi connectivity index (χ2v) is 9.54. The Labute approximate surface area is 195 Å². The van der Waals surface area contributed by atoms with Gasteiger partial charge in [-0.2, -0.15) is 0 Å². The van der Waals surface area contributed by atoms with Gasteiger partial charge in [-0.3, -0.25) is 14.9 Å². The topological polar surface area (TPSA) is 61.4 Å². The minimum atomic E-state index is -0.363. The number of piperidine rings is 1. The van der Waals surface area contributed by atoms with Crippen molar-refractivity contribution in [3.8, 4) is 0 Å². The number of thiophene rings is 1. The minimum absolute atomic E-state index is 0.0163. The molecular weight excluding hydrogens is 450 g/mol. The lowest BCUT2D eigenvalue weighted by Crippen LogP contribution is -2.38. The van der Waals surface area contributed by atoms with E-state index in [0.717, 1.165) is 36.0 Å². The number of benzene rings is 2. The molecule has 0 unspecified atom stereocenters. The molecule has 5 nitrogen and oxygen atoms in total. The lowest BCUT2D eigenvalue weighted by Gasteiger charge is -2.30. The molecule has 0 spiro atoms. The summed E-state index contributed by atoms with van der Waals surface area (Å²) in [4.78, 5) is 27.8. The molecular formula is C23H22ClN3O2S2. The number of thiocarbonyl (C=S) groups is 1. The van der Waals surface area contributed by atoms with E-state index in [1.807, 2.05) is 29.2 Å². The van der Waals surface area contributed by atoms with Crippen LogP contribution in [0.5, 0.6) is 0 Å². The van der Waals surface area contributed by atoms with Gasteiger partial charge in [-0.15, -0.1) is 11.3 Å². The van der Waals surface area contributed by atoms with Gasteiger partial charge < -0.3 is 10.2 Å². The molecule has 2 aromatic carbocycles. The van der Waals surface area contributed by atoms with E-state index in [-0.39, 0.29) is 16.9 Å². The molecule has 0 radical (unpaired) electrons. The summed E-state index contributed by atoms with van der Waals surface area (Å²) in [5.74, 6) is 0.313. The maximum atomic E-state index is 12.8. The zero-order valence-corrected chi connectivity index (χ0v) is 19.4. The number of hydrogen-bond donors (Lipinski definition) is 2. The van der Waals surface area contributed by atoms with E-state index in [2.05, 4.69) is 17.6 Å². The number of nitrogens with one attached hydrogen (secondary N) is 2. The van der Waals surface area contributed by atoms with Crippen LogP contribution in [0.4, 0.5) is 5.69 Å². The monoisotopic (exact) mass is 471 g/mol. The van der Waals surface area contributed by atoms with Crippen LogP contribution in [-0.2, 0) is 0 Å². The standard InChI is InChI=1S/C23H22ClN3O2S2/c1-14-9-11-27(12-10-14)22(29)15-5-4-6-16(13-15)25-23(30)26-21(28)20-19(24)17-7-2-3-8-18(17)31-20/h2-8,13-14H,9-12H2,1H3,(H2,25,26,28,30). The summed E-state index contributed by atoms with van der Waals surface area (Å²) in [6.45, 7) is 3.78. The van der Waals surface area contributed by atoms with Crippen LogP contribution in [0.15, 0.2) is 48.5 Å². The summed E-state index contributed by atoms with van der Waals surface area (Å²) in [5, 5.41) is 7.08. The van der Waals surface area contributed by atoms with Crippen molar-refractivity contribution >= 4 is 67.9 Å². The molecule has 1 aliphatic rings. The molecule has 160 valence electrons. The quantitative estimate of drug-likeness (QED) is 0.491. The fourth-order valence-electron chi connectivity index (χ4n) is 3.61. The van der Waals surface area contributed by atoms with E-state index >= 15 is 0 Å². The first-order valence-corrected chi connectivity index (χ1v) is 11.7. The Balaban J connectivity index is 1.41. The van der Waals surface area contributed by atoms with Crippen LogP contribution in [0, 0.1) is 5.92 Å². The van der Waals surface area contributed by atoms with Crippen LogP contribution in [-0.4, -0.2) is 34.9 Å². The Kier molecular flexibility index (Phi) is 6.55. The molecule has 0 saturated carbocycles. The van der Waals surface area contributed by atoms with Crippen LogP contribution in [0.3, 0.4) is 0 Å². The van der Waals surface area contributed by atoms with Gasteiger partial charge in [0.25, 0.3) is 11.8 Å². The summed E-state index contributed by atoms with van der Waals surface area (Å²) in [5.41, 5.74) is 1.24. The van der Waals surface area contributed by atoms with Crippen LogP contribution in [0.2, 0.25) is 5.02 Å². The number of likely N-dealkylation sites (tertiary alicyclic amines) is 1. The second-order valence-electron chi connectivity index (χ2n) is 7.71. The van der Waals surface area contributed by atoms with Crippen LogP contribution >= 0.6 is 35.2 Å². The molecule has 0 atom stereocenters. The molecule has 1 aromatic heterocycles. The first-order valence-electron chi connectivity index (χ1n) is 10.1. The number of carbonyl (C=O) groups excluding carboxylic acids is 2. The Bertz CT molecular complexity index is 1150. The summed E-state index contributed by atoms with van der Waals surface area (Å²) in [6.07, 6.45) is 2.06. The molecule has 1 fully saturated rings. The third-order valence-corrected chi connectivity index (χ3v) is 7.28. The summed E-state index contributed by atoms with van der Waals surface area (Å²) >= 11 is 13.0. The number of amides is 2. The Hall–Kier alpha value is -2.48. The molecule has 2 heterocycles. The van der Waals surface area contributed by atoms with Crippen molar-refractivity contribution in [2.24, 2.45) is 5.92 Å². The second kappa shape index (κ2) is 9.34. The van der Waals surface area contributed by atoms with Gasteiger partial charge in [0.05, 0.1) is 5.02 Å². The Morgan fingerprint density at radius 3 is 2.61 bits per heavy atom. The number of fused-ring (bicyclic) bond motifs is 1. The molecule has 2 N–H and O–H groups in total. The average molecular weight is 472 g/mol. The van der Waals surface area contributed by atoms with Crippen molar-refractivity contribution in [3.05, 3.63) is 64.0 Å². The van der Waals surface area contributed by atoms with Crippen molar-refractivity contribution in [2.45, 2.75) is 19.8 Å². The van der Waals surface area contributed by atoms with Crippen LogP contribution < -0.4 is 10.6 Å². The van der Waals surface area contributed by atoms with Crippen molar-refractivity contribution in [3.63, 3.8) is 0 Å². The lowest BCUT2D eigenvalue weighted by atomic mass is 9.98. The normalized spacial score (nSPS) is 14.5. The van der Waals surface area contributed by atoms with Gasteiger partial charge in [0, 0.05) is 34.4 Å². The van der Waals surface area contributed by atoms with Crippen molar-refractivity contribution in [2.75, 3.05) is 18.4 Å². The molecule has 0 bridgehead atoms. The predicted octanol–water partition coefficient (Wildman–Crippen LogP) is 5.55. The summed E-state index contributed by atoms with van der Waals surface area (Å²) in [6, 6.07) is 14.7. The fourth-order valence-corrected chi connectivity index (χ4v) is 5.23. The third-order valence-electron chi connectivity index (χ3n) is 5.41. The van der Waals surface area contributed by atoms with Gasteiger partial charge >= 0.3 is 0 Å². The first kappa shape index (κ1) is 21.7. The lowest BCUT2D eigenvalue weighted by molar-refractivity contribution is 0.0697. The Morgan fingerprint density at radius 1 is 1.13 bits per heavy atom. The molecule has 0 aliphatic carbocycles. The van der Waals surface area contributed by atoms with Gasteiger partial charge in [0.15, 0.2) is 5.11 Å². The van der Waals surface area contributed by atoms with E-state index in [9.17, 15) is 9.59 Å². The zero-order chi connectivity index (χ0) is 22.0. The Morgan fingerprint density at radius 2 is 1.87 bits per heavy atom. The van der Waals surface area contributed by atoms with Gasteiger partial charge in [0.1, 0.15) is 4.88 Å². The van der Waals surface area contributed by atoms with Gasteiger partial charge in [0.2, 0.25) is 0 Å². The van der Waals surface area contributed by atoms with Gasteiger partial charge in [-0.1, -0.05) is 42.8 Å².